The second-order valence-corrected chi connectivity index (χ2v) is 7.37. The number of aromatic nitrogens is 5. The van der Waals surface area contributed by atoms with Crippen LogP contribution < -0.4 is 4.90 Å². The van der Waals surface area contributed by atoms with Crippen LogP contribution in [0.3, 0.4) is 0 Å². The minimum atomic E-state index is 0.337. The first-order chi connectivity index (χ1) is 11.0. The molecule has 8 heteroatoms. The minimum absolute atomic E-state index is 0.337. The van der Waals surface area contributed by atoms with Gasteiger partial charge in [0.25, 0.3) is 0 Å². The Bertz CT molecular complexity index is 819. The van der Waals surface area contributed by atoms with Gasteiger partial charge in [-0.25, -0.2) is 9.67 Å². The van der Waals surface area contributed by atoms with Gasteiger partial charge in [0, 0.05) is 5.56 Å². The molecule has 3 rings (SSSR count). The summed E-state index contributed by atoms with van der Waals surface area (Å²) in [5.74, 6) is 0. The fourth-order valence-electron chi connectivity index (χ4n) is 2.43. The molecule has 0 aliphatic heterocycles. The third kappa shape index (κ3) is 3.54. The molecule has 2 aromatic heterocycles. The standard InChI is InChI=1S/C15H18N6S2/c1-11(19(3)10-21-15(22)23-12(2)18-21)13-4-6-14(7-5-13)20-9-16-8-17-20/h4-9,11H,10H2,1-3H3/p+1/t11-/m0/s1. The highest BCUT2D eigenvalue weighted by atomic mass is 32.1. The van der Waals surface area contributed by atoms with E-state index in [1.807, 2.05) is 11.6 Å². The first-order valence-electron chi connectivity index (χ1n) is 7.36. The second-order valence-electron chi connectivity index (χ2n) is 5.54. The molecule has 0 bridgehead atoms. The molecule has 1 aromatic carbocycles. The van der Waals surface area contributed by atoms with Crippen molar-refractivity contribution in [1.82, 2.24) is 24.5 Å². The molecule has 0 radical (unpaired) electrons. The maximum absolute atomic E-state index is 5.35. The zero-order chi connectivity index (χ0) is 16.4. The molecule has 0 amide bonds. The topological polar surface area (TPSA) is 53.0 Å². The summed E-state index contributed by atoms with van der Waals surface area (Å²) in [6.07, 6.45) is 3.23. The number of nitrogens with one attached hydrogen (secondary N) is 1. The van der Waals surface area contributed by atoms with E-state index in [0.717, 1.165) is 21.3 Å². The van der Waals surface area contributed by atoms with Crippen LogP contribution in [0.1, 0.15) is 23.5 Å². The third-order valence-corrected chi connectivity index (χ3v) is 5.15. The Kier molecular flexibility index (Phi) is 4.65. The maximum atomic E-state index is 5.35. The average Bonchev–Trinajstić information content (AvgIpc) is 3.17. The van der Waals surface area contributed by atoms with Crippen LogP contribution in [0, 0.1) is 10.9 Å². The lowest BCUT2D eigenvalue weighted by atomic mass is 10.1. The van der Waals surface area contributed by atoms with Crippen molar-refractivity contribution in [2.24, 2.45) is 0 Å². The Morgan fingerprint density at radius 1 is 1.30 bits per heavy atom. The highest BCUT2D eigenvalue weighted by molar-refractivity contribution is 7.73. The maximum Gasteiger partial charge on any atom is 0.184 e. The fourth-order valence-corrected chi connectivity index (χ4v) is 3.50. The summed E-state index contributed by atoms with van der Waals surface area (Å²) >= 11 is 6.90. The molecule has 0 aliphatic rings. The molecule has 6 nitrogen and oxygen atoms in total. The van der Waals surface area contributed by atoms with Gasteiger partial charge in [0.05, 0.1) is 12.7 Å². The van der Waals surface area contributed by atoms with Crippen LogP contribution in [0.4, 0.5) is 0 Å². The van der Waals surface area contributed by atoms with Gasteiger partial charge in [-0.1, -0.05) is 23.5 Å². The molecule has 1 unspecified atom stereocenters. The molecule has 120 valence electrons. The SMILES string of the molecule is Cc1nn(C[NH+](C)[C@@H](C)c2ccc(-n3cncn3)cc2)c(=S)s1. The van der Waals surface area contributed by atoms with Crippen molar-refractivity contribution < 1.29 is 4.90 Å². The molecule has 2 atom stereocenters. The van der Waals surface area contributed by atoms with E-state index < -0.39 is 0 Å². The van der Waals surface area contributed by atoms with Gasteiger partial charge < -0.3 is 4.90 Å². The molecule has 23 heavy (non-hydrogen) atoms. The Morgan fingerprint density at radius 2 is 2.04 bits per heavy atom. The summed E-state index contributed by atoms with van der Waals surface area (Å²) in [5.41, 5.74) is 2.28. The van der Waals surface area contributed by atoms with Gasteiger partial charge in [-0.05, 0) is 38.2 Å². The van der Waals surface area contributed by atoms with Gasteiger partial charge in [0.15, 0.2) is 10.6 Å². The quantitative estimate of drug-likeness (QED) is 0.715. The van der Waals surface area contributed by atoms with E-state index in [4.69, 9.17) is 12.2 Å². The van der Waals surface area contributed by atoms with Crippen molar-refractivity contribution in [1.29, 1.82) is 0 Å². The summed E-state index contributed by atoms with van der Waals surface area (Å²) in [5, 5.41) is 9.62. The molecule has 0 saturated carbocycles. The van der Waals surface area contributed by atoms with Gasteiger partial charge in [0.1, 0.15) is 23.7 Å². The first kappa shape index (κ1) is 16.0. The van der Waals surface area contributed by atoms with Crippen molar-refractivity contribution in [2.75, 3.05) is 7.05 Å². The largest absolute Gasteiger partial charge is 0.313 e. The number of quaternary nitrogens is 1. The van der Waals surface area contributed by atoms with Gasteiger partial charge in [-0.2, -0.15) is 14.9 Å². The lowest BCUT2D eigenvalue weighted by Crippen LogP contribution is -3.08. The van der Waals surface area contributed by atoms with Crippen LogP contribution >= 0.6 is 23.6 Å². The summed E-state index contributed by atoms with van der Waals surface area (Å²) in [6.45, 7) is 4.95. The normalized spacial score (nSPS) is 13.9. The number of hydrogen-bond acceptors (Lipinski definition) is 5. The van der Waals surface area contributed by atoms with Crippen LogP contribution in [0.25, 0.3) is 5.69 Å². The highest BCUT2D eigenvalue weighted by Crippen LogP contribution is 2.13. The van der Waals surface area contributed by atoms with Crippen LogP contribution in [0.5, 0.6) is 0 Å². The van der Waals surface area contributed by atoms with E-state index in [2.05, 4.69) is 53.4 Å². The minimum Gasteiger partial charge on any atom is -0.313 e. The fraction of sp³-hybridized carbons (Fsp3) is 0.333. The third-order valence-electron chi connectivity index (χ3n) is 3.92. The van der Waals surface area contributed by atoms with Gasteiger partial charge >= 0.3 is 0 Å². The molecule has 0 spiro atoms. The lowest BCUT2D eigenvalue weighted by molar-refractivity contribution is -0.933. The van der Waals surface area contributed by atoms with Crippen LogP contribution in [0.2, 0.25) is 0 Å². The Labute approximate surface area is 144 Å². The van der Waals surface area contributed by atoms with Crippen molar-refractivity contribution in [3.63, 3.8) is 0 Å². The molecule has 3 aromatic rings. The van der Waals surface area contributed by atoms with Crippen LogP contribution in [-0.4, -0.2) is 31.6 Å². The van der Waals surface area contributed by atoms with Crippen molar-refractivity contribution in [3.8, 4) is 5.69 Å². The smallest absolute Gasteiger partial charge is 0.184 e. The Balaban J connectivity index is 1.73. The number of nitrogens with zero attached hydrogens (tertiary/aromatic N) is 5. The number of benzene rings is 1. The zero-order valence-corrected chi connectivity index (χ0v) is 14.9. The van der Waals surface area contributed by atoms with E-state index in [1.54, 1.807) is 22.3 Å². The lowest BCUT2D eigenvalue weighted by Gasteiger charge is -2.22. The number of hydrogen-bond donors (Lipinski definition) is 1. The van der Waals surface area contributed by atoms with Crippen LogP contribution in [0.15, 0.2) is 36.9 Å². The summed E-state index contributed by atoms with van der Waals surface area (Å²) < 4.78 is 4.49. The van der Waals surface area contributed by atoms with E-state index >= 15 is 0 Å². The molecule has 1 N–H and O–H groups in total. The second kappa shape index (κ2) is 6.69. The molecule has 0 fully saturated rings. The Hall–Kier alpha value is -1.90. The summed E-state index contributed by atoms with van der Waals surface area (Å²) in [4.78, 5) is 5.30. The Morgan fingerprint density at radius 3 is 2.61 bits per heavy atom. The molecule has 0 saturated heterocycles. The molecule has 2 heterocycles. The van der Waals surface area contributed by atoms with Gasteiger partial charge in [0.2, 0.25) is 0 Å². The molecular weight excluding hydrogens is 328 g/mol. The van der Waals surface area contributed by atoms with E-state index in [-0.39, 0.29) is 0 Å². The van der Waals surface area contributed by atoms with Gasteiger partial charge in [-0.15, -0.1) is 0 Å². The number of aryl methyl sites for hydroxylation is 1. The van der Waals surface area contributed by atoms with E-state index in [1.165, 1.54) is 16.8 Å². The van der Waals surface area contributed by atoms with Crippen molar-refractivity contribution in [3.05, 3.63) is 51.4 Å². The predicted molar refractivity (Wildman–Crippen MR) is 92.3 cm³/mol. The van der Waals surface area contributed by atoms with E-state index in [9.17, 15) is 0 Å². The summed E-state index contributed by atoms with van der Waals surface area (Å²) in [6, 6.07) is 8.73. The van der Waals surface area contributed by atoms with Gasteiger partial charge in [-0.3, -0.25) is 0 Å². The van der Waals surface area contributed by atoms with E-state index in [0.29, 0.717) is 6.04 Å². The first-order valence-corrected chi connectivity index (χ1v) is 8.59. The molecule has 0 aliphatic carbocycles. The predicted octanol–water partition coefficient (Wildman–Crippen LogP) is 1.80. The number of rotatable bonds is 5. The zero-order valence-electron chi connectivity index (χ0n) is 13.3. The monoisotopic (exact) mass is 347 g/mol. The van der Waals surface area contributed by atoms with Crippen molar-refractivity contribution in [2.45, 2.75) is 26.6 Å². The average molecular weight is 347 g/mol. The summed E-state index contributed by atoms with van der Waals surface area (Å²) in [7, 11) is 2.16. The highest BCUT2D eigenvalue weighted by Gasteiger charge is 2.17. The molecular formula is C15H19N6S2+. The van der Waals surface area contributed by atoms with Crippen molar-refractivity contribution >= 4 is 23.6 Å². The van der Waals surface area contributed by atoms with Crippen LogP contribution in [-0.2, 0) is 6.67 Å².